The average molecular weight is 275 g/mol. The summed E-state index contributed by atoms with van der Waals surface area (Å²) in [4.78, 5) is 0. The van der Waals surface area contributed by atoms with Gasteiger partial charge in [-0.05, 0) is 42.5 Å². The van der Waals surface area contributed by atoms with Crippen LogP contribution < -0.4 is 11.5 Å². The van der Waals surface area contributed by atoms with Gasteiger partial charge in [0.2, 0.25) is 0 Å². The summed E-state index contributed by atoms with van der Waals surface area (Å²) >= 11 is 5.99. The van der Waals surface area contributed by atoms with Crippen LogP contribution in [0.15, 0.2) is 18.2 Å². The van der Waals surface area contributed by atoms with Crippen molar-refractivity contribution in [3.05, 3.63) is 28.8 Å². The topological polar surface area (TPSA) is 52.0 Å². The predicted molar refractivity (Wildman–Crippen MR) is 76.6 cm³/mol. The summed E-state index contributed by atoms with van der Waals surface area (Å²) < 4.78 is 0. The van der Waals surface area contributed by atoms with E-state index in [-0.39, 0.29) is 18.4 Å². The summed E-state index contributed by atoms with van der Waals surface area (Å²) in [6.45, 7) is 0. The Morgan fingerprint density at radius 3 is 2.47 bits per heavy atom. The highest BCUT2D eigenvalue weighted by atomic mass is 35.5. The quantitative estimate of drug-likeness (QED) is 0.803. The number of anilines is 1. The first-order valence-electron chi connectivity index (χ1n) is 5.99. The van der Waals surface area contributed by atoms with Crippen LogP contribution in [0.5, 0.6) is 0 Å². The molecule has 1 fully saturated rings. The SMILES string of the molecule is Cl.Nc1ccc(Cl)cc1[C@@H](N)C1CCCCC1. The molecule has 0 aliphatic heterocycles. The highest BCUT2D eigenvalue weighted by Crippen LogP contribution is 2.35. The molecule has 0 saturated heterocycles. The molecule has 4 heteroatoms. The van der Waals surface area contributed by atoms with Gasteiger partial charge >= 0.3 is 0 Å². The van der Waals surface area contributed by atoms with Crippen LogP contribution in [-0.2, 0) is 0 Å². The number of hydrogen-bond acceptors (Lipinski definition) is 2. The van der Waals surface area contributed by atoms with Crippen molar-refractivity contribution in [2.24, 2.45) is 11.7 Å². The van der Waals surface area contributed by atoms with Crippen molar-refractivity contribution >= 4 is 29.7 Å². The maximum Gasteiger partial charge on any atom is 0.0410 e. The molecule has 4 N–H and O–H groups in total. The lowest BCUT2D eigenvalue weighted by molar-refractivity contribution is 0.308. The number of nitrogen functional groups attached to an aromatic ring is 1. The van der Waals surface area contributed by atoms with Gasteiger partial charge in [-0.2, -0.15) is 0 Å². The molecule has 0 radical (unpaired) electrons. The van der Waals surface area contributed by atoms with Gasteiger partial charge in [-0.15, -0.1) is 12.4 Å². The Labute approximate surface area is 114 Å². The van der Waals surface area contributed by atoms with E-state index in [4.69, 9.17) is 23.1 Å². The second kappa shape index (κ2) is 6.48. The minimum absolute atomic E-state index is 0. The van der Waals surface area contributed by atoms with Crippen LogP contribution in [0.4, 0.5) is 5.69 Å². The van der Waals surface area contributed by atoms with E-state index in [0.717, 1.165) is 16.3 Å². The van der Waals surface area contributed by atoms with Crippen molar-refractivity contribution in [2.45, 2.75) is 38.1 Å². The number of hydrogen-bond donors (Lipinski definition) is 2. The van der Waals surface area contributed by atoms with E-state index < -0.39 is 0 Å². The molecular weight excluding hydrogens is 255 g/mol. The third-order valence-corrected chi connectivity index (χ3v) is 3.80. The first-order chi connectivity index (χ1) is 7.68. The summed E-state index contributed by atoms with van der Waals surface area (Å²) in [6, 6.07) is 5.61. The van der Waals surface area contributed by atoms with Crippen LogP contribution in [0, 0.1) is 5.92 Å². The molecule has 0 amide bonds. The van der Waals surface area contributed by atoms with Crippen LogP contribution in [0.25, 0.3) is 0 Å². The minimum atomic E-state index is 0. The first-order valence-corrected chi connectivity index (χ1v) is 6.37. The fraction of sp³-hybridized carbons (Fsp3) is 0.538. The number of nitrogens with two attached hydrogens (primary N) is 2. The molecule has 0 heterocycles. The molecule has 1 aromatic carbocycles. The Morgan fingerprint density at radius 2 is 1.82 bits per heavy atom. The van der Waals surface area contributed by atoms with Gasteiger partial charge < -0.3 is 11.5 Å². The summed E-state index contributed by atoms with van der Waals surface area (Å²) in [5, 5.41) is 0.718. The molecule has 2 rings (SSSR count). The monoisotopic (exact) mass is 274 g/mol. The summed E-state index contributed by atoms with van der Waals surface area (Å²) in [7, 11) is 0. The lowest BCUT2D eigenvalue weighted by atomic mass is 9.81. The zero-order chi connectivity index (χ0) is 11.5. The highest BCUT2D eigenvalue weighted by molar-refractivity contribution is 6.30. The summed E-state index contributed by atoms with van der Waals surface area (Å²) in [5.41, 5.74) is 14.0. The van der Waals surface area contributed by atoms with Crippen LogP contribution in [0.1, 0.15) is 43.7 Å². The molecule has 1 aliphatic carbocycles. The Hall–Kier alpha value is -0.440. The fourth-order valence-corrected chi connectivity index (χ4v) is 2.76. The van der Waals surface area contributed by atoms with E-state index in [1.807, 2.05) is 18.2 Å². The Kier molecular flexibility index (Phi) is 5.57. The zero-order valence-corrected chi connectivity index (χ0v) is 11.4. The summed E-state index contributed by atoms with van der Waals surface area (Å²) in [5.74, 6) is 0.564. The van der Waals surface area contributed by atoms with Gasteiger partial charge in [0.25, 0.3) is 0 Å². The van der Waals surface area contributed by atoms with Crippen molar-refractivity contribution < 1.29 is 0 Å². The normalized spacial score (nSPS) is 18.5. The van der Waals surface area contributed by atoms with Crippen LogP contribution in [0.2, 0.25) is 5.02 Å². The van der Waals surface area contributed by atoms with Crippen LogP contribution in [-0.4, -0.2) is 0 Å². The molecular formula is C13H20Cl2N2. The Bertz CT molecular complexity index is 362. The molecule has 0 unspecified atom stereocenters. The van der Waals surface area contributed by atoms with Crippen LogP contribution in [0.3, 0.4) is 0 Å². The predicted octanol–water partition coefficient (Wildman–Crippen LogP) is 3.92. The molecule has 0 bridgehead atoms. The molecule has 1 aromatic rings. The highest BCUT2D eigenvalue weighted by Gasteiger charge is 2.23. The fourth-order valence-electron chi connectivity index (χ4n) is 2.58. The molecule has 0 aromatic heterocycles. The number of rotatable bonds is 2. The van der Waals surface area contributed by atoms with E-state index in [1.54, 1.807) is 0 Å². The third kappa shape index (κ3) is 3.51. The molecule has 17 heavy (non-hydrogen) atoms. The standard InChI is InChI=1S/C13H19ClN2.ClH/c14-10-6-7-12(15)11(8-10)13(16)9-4-2-1-3-5-9;/h6-9,13H,1-5,15-16H2;1H/t13-;/m0./s1. The Balaban J connectivity index is 0.00000144. The van der Waals surface area contributed by atoms with Gasteiger partial charge in [-0.3, -0.25) is 0 Å². The molecule has 96 valence electrons. The van der Waals surface area contributed by atoms with Gasteiger partial charge in [0.05, 0.1) is 0 Å². The number of benzene rings is 1. The Morgan fingerprint density at radius 1 is 1.18 bits per heavy atom. The second-order valence-corrected chi connectivity index (χ2v) is 5.13. The molecule has 2 nitrogen and oxygen atoms in total. The van der Waals surface area contributed by atoms with Crippen molar-refractivity contribution in [3.63, 3.8) is 0 Å². The van der Waals surface area contributed by atoms with Crippen LogP contribution >= 0.6 is 24.0 Å². The van der Waals surface area contributed by atoms with Crippen molar-refractivity contribution in [2.75, 3.05) is 5.73 Å². The van der Waals surface area contributed by atoms with Gasteiger partial charge in [-0.25, -0.2) is 0 Å². The lowest BCUT2D eigenvalue weighted by Gasteiger charge is -2.28. The first kappa shape index (κ1) is 14.6. The van der Waals surface area contributed by atoms with Gasteiger partial charge in [0.15, 0.2) is 0 Å². The number of halogens is 2. The van der Waals surface area contributed by atoms with E-state index in [2.05, 4.69) is 0 Å². The van der Waals surface area contributed by atoms with Crippen molar-refractivity contribution in [1.29, 1.82) is 0 Å². The molecule has 1 aliphatic rings. The molecule has 1 atom stereocenters. The second-order valence-electron chi connectivity index (χ2n) is 4.70. The minimum Gasteiger partial charge on any atom is -0.398 e. The van der Waals surface area contributed by atoms with Crippen molar-refractivity contribution in [1.82, 2.24) is 0 Å². The lowest BCUT2D eigenvalue weighted by Crippen LogP contribution is -2.24. The van der Waals surface area contributed by atoms with E-state index in [1.165, 1.54) is 32.1 Å². The average Bonchev–Trinajstić information content (AvgIpc) is 2.32. The smallest absolute Gasteiger partial charge is 0.0410 e. The maximum atomic E-state index is 6.30. The maximum absolute atomic E-state index is 6.30. The largest absolute Gasteiger partial charge is 0.398 e. The third-order valence-electron chi connectivity index (χ3n) is 3.57. The summed E-state index contributed by atoms with van der Waals surface area (Å²) in [6.07, 6.45) is 6.35. The van der Waals surface area contributed by atoms with E-state index in [0.29, 0.717) is 5.92 Å². The zero-order valence-electron chi connectivity index (χ0n) is 9.86. The van der Waals surface area contributed by atoms with Crippen molar-refractivity contribution in [3.8, 4) is 0 Å². The molecule has 0 spiro atoms. The van der Waals surface area contributed by atoms with E-state index in [9.17, 15) is 0 Å². The van der Waals surface area contributed by atoms with E-state index >= 15 is 0 Å². The van der Waals surface area contributed by atoms with Gasteiger partial charge in [0, 0.05) is 16.8 Å². The van der Waals surface area contributed by atoms with Gasteiger partial charge in [0.1, 0.15) is 0 Å². The van der Waals surface area contributed by atoms with Gasteiger partial charge in [-0.1, -0.05) is 30.9 Å². The molecule has 1 saturated carbocycles.